The van der Waals surface area contributed by atoms with Gasteiger partial charge in [0.2, 0.25) is 0 Å². The molecule has 0 aliphatic carbocycles. The number of methoxy groups -OCH3 is 1. The number of carbonyl (C=O) groups is 1. The molecule has 4 nitrogen and oxygen atoms in total. The predicted molar refractivity (Wildman–Crippen MR) is 84.8 cm³/mol. The van der Waals surface area contributed by atoms with Crippen LogP contribution in [0.25, 0.3) is 0 Å². The van der Waals surface area contributed by atoms with Gasteiger partial charge in [0.15, 0.2) is 17.3 Å². The van der Waals surface area contributed by atoms with Crippen LogP contribution < -0.4 is 15.2 Å². The van der Waals surface area contributed by atoms with E-state index >= 15 is 0 Å². The molecule has 0 aliphatic heterocycles. The van der Waals surface area contributed by atoms with Gasteiger partial charge in [-0.3, -0.25) is 4.79 Å². The van der Waals surface area contributed by atoms with Crippen molar-refractivity contribution in [3.63, 3.8) is 0 Å². The SMILES string of the molecule is COc1ccc(Br)c(COc2ccc(C(=O)CN)cc2F)c1. The molecule has 0 amide bonds. The highest BCUT2D eigenvalue weighted by atomic mass is 79.9. The fourth-order valence-corrected chi connectivity index (χ4v) is 2.21. The lowest BCUT2D eigenvalue weighted by atomic mass is 10.1. The topological polar surface area (TPSA) is 61.5 Å². The van der Waals surface area contributed by atoms with Gasteiger partial charge < -0.3 is 15.2 Å². The van der Waals surface area contributed by atoms with Gasteiger partial charge in [0.25, 0.3) is 0 Å². The summed E-state index contributed by atoms with van der Waals surface area (Å²) in [5.74, 6) is -0.159. The van der Waals surface area contributed by atoms with Gasteiger partial charge in [0.1, 0.15) is 12.4 Å². The van der Waals surface area contributed by atoms with E-state index in [1.165, 1.54) is 12.1 Å². The lowest BCUT2D eigenvalue weighted by Crippen LogP contribution is -2.13. The van der Waals surface area contributed by atoms with Crippen LogP contribution in [0.4, 0.5) is 4.39 Å². The van der Waals surface area contributed by atoms with Gasteiger partial charge >= 0.3 is 0 Å². The lowest BCUT2D eigenvalue weighted by molar-refractivity contribution is 0.100. The quantitative estimate of drug-likeness (QED) is 0.795. The van der Waals surface area contributed by atoms with Crippen LogP contribution in [0.1, 0.15) is 15.9 Å². The Morgan fingerprint density at radius 2 is 2.05 bits per heavy atom. The van der Waals surface area contributed by atoms with E-state index in [9.17, 15) is 9.18 Å². The minimum atomic E-state index is -0.599. The molecule has 2 aromatic rings. The van der Waals surface area contributed by atoms with Crippen molar-refractivity contribution in [2.24, 2.45) is 5.73 Å². The van der Waals surface area contributed by atoms with Crippen LogP contribution >= 0.6 is 15.9 Å². The number of ether oxygens (including phenoxy) is 2. The Balaban J connectivity index is 2.13. The number of hydrogen-bond donors (Lipinski definition) is 1. The summed E-state index contributed by atoms with van der Waals surface area (Å²) in [5, 5.41) is 0. The van der Waals surface area contributed by atoms with E-state index in [-0.39, 0.29) is 30.2 Å². The minimum Gasteiger partial charge on any atom is -0.497 e. The van der Waals surface area contributed by atoms with E-state index in [4.69, 9.17) is 15.2 Å². The molecule has 0 saturated carbocycles. The summed E-state index contributed by atoms with van der Waals surface area (Å²) >= 11 is 3.40. The minimum absolute atomic E-state index is 0.0725. The van der Waals surface area contributed by atoms with E-state index < -0.39 is 5.82 Å². The van der Waals surface area contributed by atoms with Crippen LogP contribution in [0, 0.1) is 5.82 Å². The van der Waals surface area contributed by atoms with Crippen molar-refractivity contribution >= 4 is 21.7 Å². The maximum absolute atomic E-state index is 13.9. The zero-order valence-electron chi connectivity index (χ0n) is 11.9. The predicted octanol–water partition coefficient (Wildman–Crippen LogP) is 3.32. The Morgan fingerprint density at radius 3 is 2.68 bits per heavy atom. The number of hydrogen-bond acceptors (Lipinski definition) is 4. The number of ketones is 1. The molecular formula is C16H15BrFNO3. The zero-order valence-corrected chi connectivity index (χ0v) is 13.5. The molecule has 0 spiro atoms. The Hall–Kier alpha value is -1.92. The third-order valence-electron chi connectivity index (χ3n) is 3.08. The van der Waals surface area contributed by atoms with Crippen molar-refractivity contribution in [3.8, 4) is 11.5 Å². The van der Waals surface area contributed by atoms with Crippen LogP contribution in [0.15, 0.2) is 40.9 Å². The molecular weight excluding hydrogens is 353 g/mol. The largest absolute Gasteiger partial charge is 0.497 e. The first-order valence-corrected chi connectivity index (χ1v) is 7.32. The molecule has 6 heteroatoms. The van der Waals surface area contributed by atoms with E-state index in [0.717, 1.165) is 16.1 Å². The van der Waals surface area contributed by atoms with Gasteiger partial charge in [-0.2, -0.15) is 0 Å². The van der Waals surface area contributed by atoms with E-state index in [1.807, 2.05) is 6.07 Å². The van der Waals surface area contributed by atoms with Crippen molar-refractivity contribution in [3.05, 3.63) is 57.8 Å². The average molecular weight is 368 g/mol. The number of halogens is 2. The molecule has 0 heterocycles. The molecule has 116 valence electrons. The molecule has 2 N–H and O–H groups in total. The lowest BCUT2D eigenvalue weighted by Gasteiger charge is -2.11. The first kappa shape index (κ1) is 16.5. The highest BCUT2D eigenvalue weighted by Crippen LogP contribution is 2.25. The van der Waals surface area contributed by atoms with Gasteiger partial charge in [0, 0.05) is 15.6 Å². The molecule has 0 radical (unpaired) electrons. The highest BCUT2D eigenvalue weighted by Gasteiger charge is 2.10. The van der Waals surface area contributed by atoms with Crippen molar-refractivity contribution in [2.75, 3.05) is 13.7 Å². The van der Waals surface area contributed by atoms with Crippen LogP contribution in [0.2, 0.25) is 0 Å². The fourth-order valence-electron chi connectivity index (χ4n) is 1.85. The molecule has 0 unspecified atom stereocenters. The second-order valence-electron chi connectivity index (χ2n) is 4.52. The second kappa shape index (κ2) is 7.38. The summed E-state index contributed by atoms with van der Waals surface area (Å²) in [6.07, 6.45) is 0. The number of rotatable bonds is 6. The number of benzene rings is 2. The molecule has 0 fully saturated rings. The van der Waals surface area contributed by atoms with Crippen molar-refractivity contribution < 1.29 is 18.7 Å². The highest BCUT2D eigenvalue weighted by molar-refractivity contribution is 9.10. The Bertz CT molecular complexity index is 691. The molecule has 0 aliphatic rings. The van der Waals surface area contributed by atoms with Crippen molar-refractivity contribution in [1.29, 1.82) is 0 Å². The zero-order chi connectivity index (χ0) is 16.1. The molecule has 22 heavy (non-hydrogen) atoms. The molecule has 0 saturated heterocycles. The van der Waals surface area contributed by atoms with Crippen molar-refractivity contribution in [1.82, 2.24) is 0 Å². The monoisotopic (exact) mass is 367 g/mol. The standard InChI is InChI=1S/C16H15BrFNO3/c1-21-12-3-4-13(17)11(6-12)9-22-16-5-2-10(7-14(16)18)15(20)8-19/h2-7H,8-9,19H2,1H3. The van der Waals surface area contributed by atoms with Crippen LogP contribution in [0.5, 0.6) is 11.5 Å². The summed E-state index contributed by atoms with van der Waals surface area (Å²) in [6, 6.07) is 9.48. The Morgan fingerprint density at radius 1 is 1.27 bits per heavy atom. The molecule has 0 bridgehead atoms. The normalized spacial score (nSPS) is 10.4. The molecule has 0 atom stereocenters. The van der Waals surface area contributed by atoms with Crippen LogP contribution in [-0.2, 0) is 6.61 Å². The number of nitrogens with two attached hydrogens (primary N) is 1. The third kappa shape index (κ3) is 3.84. The number of Topliss-reactive ketones (excluding diaryl/α,β-unsaturated/α-hetero) is 1. The van der Waals surface area contributed by atoms with Gasteiger partial charge in [-0.15, -0.1) is 0 Å². The molecule has 2 rings (SSSR count). The first-order valence-electron chi connectivity index (χ1n) is 6.53. The average Bonchev–Trinajstić information content (AvgIpc) is 2.54. The number of carbonyl (C=O) groups excluding carboxylic acids is 1. The maximum atomic E-state index is 13.9. The molecule has 0 aromatic heterocycles. The summed E-state index contributed by atoms with van der Waals surface area (Å²) in [4.78, 5) is 11.4. The Labute approximate surface area is 136 Å². The van der Waals surface area contributed by atoms with Gasteiger partial charge in [-0.05, 0) is 36.4 Å². The van der Waals surface area contributed by atoms with Crippen molar-refractivity contribution in [2.45, 2.75) is 6.61 Å². The fraction of sp³-hybridized carbons (Fsp3) is 0.188. The summed E-state index contributed by atoms with van der Waals surface area (Å²) < 4.78 is 25.4. The summed E-state index contributed by atoms with van der Waals surface area (Å²) in [7, 11) is 1.57. The first-order chi connectivity index (χ1) is 10.5. The van der Waals surface area contributed by atoms with Crippen LogP contribution in [0.3, 0.4) is 0 Å². The molecule has 2 aromatic carbocycles. The van der Waals surface area contributed by atoms with E-state index in [1.54, 1.807) is 19.2 Å². The van der Waals surface area contributed by atoms with E-state index in [0.29, 0.717) is 5.75 Å². The third-order valence-corrected chi connectivity index (χ3v) is 3.85. The van der Waals surface area contributed by atoms with Gasteiger partial charge in [0.05, 0.1) is 13.7 Å². The smallest absolute Gasteiger partial charge is 0.176 e. The summed E-state index contributed by atoms with van der Waals surface area (Å²) in [5.41, 5.74) is 6.30. The maximum Gasteiger partial charge on any atom is 0.176 e. The summed E-state index contributed by atoms with van der Waals surface area (Å²) in [6.45, 7) is 0.00921. The van der Waals surface area contributed by atoms with Gasteiger partial charge in [-0.25, -0.2) is 4.39 Å². The second-order valence-corrected chi connectivity index (χ2v) is 5.37. The Kier molecular flexibility index (Phi) is 5.51. The van der Waals surface area contributed by atoms with Crippen LogP contribution in [-0.4, -0.2) is 19.4 Å². The van der Waals surface area contributed by atoms with Gasteiger partial charge in [-0.1, -0.05) is 15.9 Å². The van der Waals surface area contributed by atoms with E-state index in [2.05, 4.69) is 15.9 Å².